The van der Waals surface area contributed by atoms with Crippen LogP contribution in [0.2, 0.25) is 0 Å². The van der Waals surface area contributed by atoms with E-state index in [0.717, 1.165) is 117 Å². The molecule has 318 valence electrons. The Labute approximate surface area is 394 Å². The predicted molar refractivity (Wildman–Crippen MR) is 273 cm³/mol. The predicted octanol–water partition coefficient (Wildman–Crippen LogP) is 14.7. The van der Waals surface area contributed by atoms with E-state index >= 15 is 0 Å². The van der Waals surface area contributed by atoms with E-state index in [0.29, 0.717) is 11.3 Å². The van der Waals surface area contributed by atoms with Crippen molar-refractivity contribution in [3.63, 3.8) is 0 Å². The molecule has 1 aliphatic heterocycles. The summed E-state index contributed by atoms with van der Waals surface area (Å²) in [5.74, 6) is 1.45. The van der Waals surface area contributed by atoms with Gasteiger partial charge in [0.25, 0.3) is 0 Å². The average molecular weight is 880 g/mol. The Bertz CT molecular complexity index is 4470. The molecule has 8 aromatic carbocycles. The number of rotatable bonds is 3. The van der Waals surface area contributed by atoms with Gasteiger partial charge in [-0.25, -0.2) is 4.85 Å². The van der Waals surface area contributed by atoms with E-state index in [1.165, 1.54) is 10.8 Å². The Kier molecular flexibility index (Phi) is 7.41. The minimum absolute atomic E-state index is 0.602. The molecular formula is C61H33N7O. The fraction of sp³-hybridized carbons (Fsp3) is 0.0164. The second-order valence-electron chi connectivity index (χ2n) is 17.9. The lowest BCUT2D eigenvalue weighted by Gasteiger charge is -2.40. The second kappa shape index (κ2) is 13.6. The monoisotopic (exact) mass is 879 g/mol. The molecule has 0 fully saturated rings. The zero-order chi connectivity index (χ0) is 45.5. The molecule has 0 radical (unpaired) electrons. The molecule has 5 aromatic heterocycles. The fourth-order valence-electron chi connectivity index (χ4n) is 11.9. The number of para-hydroxylation sites is 4. The summed E-state index contributed by atoms with van der Waals surface area (Å²) < 4.78 is 14.3. The van der Waals surface area contributed by atoms with Gasteiger partial charge in [0, 0.05) is 61.6 Å². The maximum Gasteiger partial charge on any atom is 0.188 e. The van der Waals surface area contributed by atoms with Crippen LogP contribution in [-0.2, 0) is 5.41 Å². The lowest BCUT2D eigenvalue weighted by atomic mass is 9.65. The van der Waals surface area contributed by atoms with Crippen LogP contribution in [0.25, 0.3) is 98.7 Å². The fourth-order valence-corrected chi connectivity index (χ4v) is 11.9. The van der Waals surface area contributed by atoms with Gasteiger partial charge < -0.3 is 18.4 Å². The number of pyridine rings is 2. The number of hydrogen-bond donors (Lipinski definition) is 0. The maximum atomic E-state index is 9.98. The molecule has 2 aliphatic rings. The van der Waals surface area contributed by atoms with Gasteiger partial charge in [-0.3, -0.25) is 9.97 Å². The number of nitriles is 1. The summed E-state index contributed by atoms with van der Waals surface area (Å²) in [7, 11) is 0. The van der Waals surface area contributed by atoms with Crippen LogP contribution in [0.1, 0.15) is 27.8 Å². The average Bonchev–Trinajstić information content (AvgIpc) is 4.12. The summed E-state index contributed by atoms with van der Waals surface area (Å²) in [6.07, 6.45) is 3.83. The number of fused-ring (bicyclic) bond motifs is 18. The van der Waals surface area contributed by atoms with E-state index in [1.54, 1.807) is 0 Å². The van der Waals surface area contributed by atoms with Gasteiger partial charge in [-0.15, -0.1) is 0 Å². The van der Waals surface area contributed by atoms with Crippen molar-refractivity contribution >= 4 is 71.1 Å². The third-order valence-corrected chi connectivity index (χ3v) is 14.6. The van der Waals surface area contributed by atoms with Gasteiger partial charge in [0.1, 0.15) is 11.5 Å². The lowest BCUT2D eigenvalue weighted by molar-refractivity contribution is 0.435. The van der Waals surface area contributed by atoms with Gasteiger partial charge in [-0.1, -0.05) is 97.1 Å². The summed E-state index contributed by atoms with van der Waals surface area (Å²) >= 11 is 0. The molecule has 6 heterocycles. The summed E-state index contributed by atoms with van der Waals surface area (Å²) in [5, 5.41) is 16.5. The molecule has 0 amide bonds. The van der Waals surface area contributed by atoms with E-state index < -0.39 is 5.41 Å². The molecule has 1 atom stereocenters. The van der Waals surface area contributed by atoms with Crippen molar-refractivity contribution in [2.75, 3.05) is 0 Å². The highest BCUT2D eigenvalue weighted by molar-refractivity contribution is 6.12. The first-order chi connectivity index (χ1) is 34.1. The van der Waals surface area contributed by atoms with Crippen LogP contribution in [0.4, 0.5) is 5.69 Å². The quantitative estimate of drug-likeness (QED) is 0.166. The molecule has 15 rings (SSSR count). The molecule has 0 bridgehead atoms. The zero-order valence-electron chi connectivity index (χ0n) is 36.6. The van der Waals surface area contributed by atoms with Crippen molar-refractivity contribution < 1.29 is 4.74 Å². The van der Waals surface area contributed by atoms with Crippen molar-refractivity contribution in [1.82, 2.24) is 23.7 Å². The lowest BCUT2D eigenvalue weighted by Crippen LogP contribution is -2.34. The van der Waals surface area contributed by atoms with Crippen LogP contribution in [0.3, 0.4) is 0 Å². The van der Waals surface area contributed by atoms with Crippen molar-refractivity contribution in [3.05, 3.63) is 240 Å². The zero-order valence-corrected chi connectivity index (χ0v) is 36.6. The van der Waals surface area contributed by atoms with E-state index in [2.05, 4.69) is 170 Å². The number of aromatic nitrogens is 5. The first-order valence-corrected chi connectivity index (χ1v) is 22.9. The standard InChI is InChI=1S/C61H33N7O/c1-63-37-24-28-54-45(31-37)43-15-5-6-17-49(43)66(54)38-25-26-46-57(33-38)69-56-22-10-21-55(68-51-19-8-2-12-40(51)41-13-3-9-20-52(41)68)58(56)61(46)47-16-11-29-64-59(47)60-48(61)32-39(35-65-60)67-50-18-7-4-14-42(50)44-30-36(34-62)23-27-53(44)67/h2-33,35H. The summed E-state index contributed by atoms with van der Waals surface area (Å²) in [5.41, 5.74) is 14.9. The molecule has 0 saturated carbocycles. The Balaban J connectivity index is 1.07. The Morgan fingerprint density at radius 1 is 0.478 bits per heavy atom. The molecule has 1 aliphatic carbocycles. The Morgan fingerprint density at radius 3 is 1.78 bits per heavy atom. The van der Waals surface area contributed by atoms with Gasteiger partial charge in [0.2, 0.25) is 0 Å². The van der Waals surface area contributed by atoms with Crippen molar-refractivity contribution in [3.8, 4) is 46.0 Å². The molecule has 1 spiro atoms. The third kappa shape index (κ3) is 4.83. The molecule has 13 aromatic rings. The molecule has 69 heavy (non-hydrogen) atoms. The molecular weight excluding hydrogens is 847 g/mol. The minimum Gasteiger partial charge on any atom is -0.457 e. The number of ether oxygens (including phenoxy) is 1. The largest absolute Gasteiger partial charge is 0.457 e. The summed E-state index contributed by atoms with van der Waals surface area (Å²) in [6.45, 7) is 7.80. The molecule has 0 N–H and O–H groups in total. The van der Waals surface area contributed by atoms with E-state index in [9.17, 15) is 5.26 Å². The summed E-state index contributed by atoms with van der Waals surface area (Å²) in [6, 6.07) is 67.8. The van der Waals surface area contributed by atoms with Gasteiger partial charge in [0.15, 0.2) is 5.69 Å². The number of nitrogens with zero attached hydrogens (tertiary/aromatic N) is 7. The number of hydrogen-bond acceptors (Lipinski definition) is 4. The van der Waals surface area contributed by atoms with E-state index in [-0.39, 0.29) is 0 Å². The van der Waals surface area contributed by atoms with Crippen LogP contribution >= 0.6 is 0 Å². The normalized spacial score (nSPS) is 14.5. The Hall–Kier alpha value is -9.76. The smallest absolute Gasteiger partial charge is 0.188 e. The second-order valence-corrected chi connectivity index (χ2v) is 17.9. The van der Waals surface area contributed by atoms with Gasteiger partial charge >= 0.3 is 0 Å². The molecule has 8 heteroatoms. The van der Waals surface area contributed by atoms with Gasteiger partial charge in [0.05, 0.1) is 85.7 Å². The van der Waals surface area contributed by atoms with Crippen molar-refractivity contribution in [2.24, 2.45) is 0 Å². The van der Waals surface area contributed by atoms with Gasteiger partial charge in [-0.05, 0) is 95.9 Å². The first-order valence-electron chi connectivity index (χ1n) is 22.9. The van der Waals surface area contributed by atoms with Crippen molar-refractivity contribution in [1.29, 1.82) is 5.26 Å². The van der Waals surface area contributed by atoms with Crippen LogP contribution in [0.5, 0.6) is 11.5 Å². The maximum absolute atomic E-state index is 9.98. The third-order valence-electron chi connectivity index (χ3n) is 14.6. The Morgan fingerprint density at radius 2 is 1.09 bits per heavy atom. The van der Waals surface area contributed by atoms with Crippen LogP contribution < -0.4 is 4.74 Å². The van der Waals surface area contributed by atoms with Crippen molar-refractivity contribution in [2.45, 2.75) is 5.41 Å². The van der Waals surface area contributed by atoms with Gasteiger partial charge in [-0.2, -0.15) is 5.26 Å². The highest BCUT2D eigenvalue weighted by atomic mass is 16.5. The van der Waals surface area contributed by atoms with E-state index in [4.69, 9.17) is 21.3 Å². The molecule has 8 nitrogen and oxygen atoms in total. The number of benzene rings is 8. The summed E-state index contributed by atoms with van der Waals surface area (Å²) in [4.78, 5) is 14.4. The van der Waals surface area contributed by atoms with Crippen LogP contribution in [0.15, 0.2) is 200 Å². The van der Waals surface area contributed by atoms with E-state index in [1.807, 2.05) is 54.9 Å². The highest BCUT2D eigenvalue weighted by Crippen LogP contribution is 2.63. The van der Waals surface area contributed by atoms with Crippen LogP contribution in [0, 0.1) is 17.9 Å². The SMILES string of the molecule is [C-]#[N+]c1ccc2c(c1)c1ccccc1n2-c1ccc2c(c1)Oc1cccc(-n3c4ccccc4c4ccccc43)c1C21c2cccnc2-c2ncc(-n3c4ccccc4c4cc(C#N)ccc43)cc21. The molecule has 1 unspecified atom stereocenters. The first kappa shape index (κ1) is 37.5. The highest BCUT2D eigenvalue weighted by Gasteiger charge is 2.54. The molecule has 0 saturated heterocycles. The minimum atomic E-state index is -0.982. The topological polar surface area (TPSA) is 78.0 Å². The van der Waals surface area contributed by atoms with Crippen LogP contribution in [-0.4, -0.2) is 23.7 Å².